The van der Waals surface area contributed by atoms with E-state index in [0.29, 0.717) is 0 Å². The summed E-state index contributed by atoms with van der Waals surface area (Å²) in [6, 6.07) is 0. The van der Waals surface area contributed by atoms with E-state index in [2.05, 4.69) is 6.92 Å². The van der Waals surface area contributed by atoms with Crippen LogP contribution in [0.4, 0.5) is 0 Å². The van der Waals surface area contributed by atoms with E-state index in [4.69, 9.17) is 21.8 Å². The lowest BCUT2D eigenvalue weighted by atomic mass is 10.4. The van der Waals surface area contributed by atoms with Gasteiger partial charge in [-0.2, -0.15) is 0 Å². The van der Waals surface area contributed by atoms with Crippen molar-refractivity contribution in [2.45, 2.75) is 19.8 Å². The fourth-order valence-electron chi connectivity index (χ4n) is 0.134. The minimum absolute atomic E-state index is 0.750. The number of alkyl halides is 1. The van der Waals surface area contributed by atoms with Crippen molar-refractivity contribution in [1.29, 1.82) is 5.41 Å². The zero-order valence-electron chi connectivity index (χ0n) is 4.91. The molecule has 8 heavy (non-hydrogen) atoms. The van der Waals surface area contributed by atoms with Gasteiger partial charge in [-0.25, -0.2) is 10.2 Å². The number of carbonyl (C=O) groups excluding carboxylic acids is 1. The van der Waals surface area contributed by atoms with Crippen molar-refractivity contribution in [2.75, 3.05) is 5.88 Å². The predicted octanol–water partition coefficient (Wildman–Crippen LogP) is 1.93. The van der Waals surface area contributed by atoms with Crippen molar-refractivity contribution in [1.82, 2.24) is 0 Å². The molecule has 0 saturated carbocycles. The summed E-state index contributed by atoms with van der Waals surface area (Å²) in [5, 5.41) is 5.40. The summed E-state index contributed by atoms with van der Waals surface area (Å²) in [4.78, 5) is 8.35. The molecule has 0 aliphatic rings. The van der Waals surface area contributed by atoms with Gasteiger partial charge in [0.25, 0.3) is 0 Å². The van der Waals surface area contributed by atoms with Crippen LogP contribution in [0, 0.1) is 5.41 Å². The molecule has 0 aliphatic heterocycles. The van der Waals surface area contributed by atoms with Crippen LogP contribution >= 0.6 is 11.6 Å². The highest BCUT2D eigenvalue weighted by Gasteiger charge is 1.70. The predicted molar refractivity (Wildman–Crippen MR) is 34.0 cm³/mol. The molecule has 0 unspecified atom stereocenters. The number of halogens is 1. The van der Waals surface area contributed by atoms with E-state index in [1.165, 1.54) is 6.42 Å². The number of unbranched alkanes of at least 4 members (excludes halogenated alkanes) is 1. The standard InChI is InChI=1S/C4H9Cl.CHNO/c1-2-3-4-5;2-1-3/h2-4H2,1H3;2H. The van der Waals surface area contributed by atoms with Crippen LogP contribution in [-0.4, -0.2) is 12.0 Å². The summed E-state index contributed by atoms with van der Waals surface area (Å²) in [5.74, 6) is 0.816. The molecule has 0 aromatic carbocycles. The maximum absolute atomic E-state index is 8.35. The van der Waals surface area contributed by atoms with Gasteiger partial charge in [0.1, 0.15) is 0 Å². The van der Waals surface area contributed by atoms with Crippen molar-refractivity contribution < 1.29 is 4.79 Å². The summed E-state index contributed by atoms with van der Waals surface area (Å²) >= 11 is 5.30. The molecular formula is C5H10ClNO. The van der Waals surface area contributed by atoms with E-state index < -0.39 is 0 Å². The zero-order chi connectivity index (χ0) is 6.83. The molecule has 48 valence electrons. The first-order valence-electron chi connectivity index (χ1n) is 2.43. The van der Waals surface area contributed by atoms with Crippen LogP contribution in [0.15, 0.2) is 0 Å². The van der Waals surface area contributed by atoms with Gasteiger partial charge in [0, 0.05) is 5.88 Å². The van der Waals surface area contributed by atoms with Crippen molar-refractivity contribution >= 4 is 17.7 Å². The Balaban J connectivity index is 0. The number of isocyanates is 1. The van der Waals surface area contributed by atoms with Crippen LogP contribution in [-0.2, 0) is 4.79 Å². The second kappa shape index (κ2) is 15.9. The molecule has 0 rings (SSSR count). The molecule has 0 spiro atoms. The highest BCUT2D eigenvalue weighted by atomic mass is 35.5. The fraction of sp³-hybridized carbons (Fsp3) is 0.800. The molecule has 0 heterocycles. The lowest BCUT2D eigenvalue weighted by Crippen LogP contribution is -1.65. The Bertz CT molecular complexity index is 57.4. The average Bonchev–Trinajstić information content (AvgIpc) is 1.71. The van der Waals surface area contributed by atoms with Gasteiger partial charge in [-0.1, -0.05) is 13.3 Å². The molecule has 0 aromatic heterocycles. The quantitative estimate of drug-likeness (QED) is 0.351. The normalized spacial score (nSPS) is 6.25. The van der Waals surface area contributed by atoms with Crippen LogP contribution in [0.1, 0.15) is 19.8 Å². The Labute approximate surface area is 54.4 Å². The Hall–Kier alpha value is -0.330. The van der Waals surface area contributed by atoms with Crippen LogP contribution < -0.4 is 0 Å². The highest BCUT2D eigenvalue weighted by molar-refractivity contribution is 6.17. The molecule has 0 amide bonds. The molecule has 2 nitrogen and oxygen atoms in total. The number of hydrogen-bond donors (Lipinski definition) is 1. The lowest BCUT2D eigenvalue weighted by molar-refractivity contribution is 0.563. The molecule has 1 N–H and O–H groups in total. The van der Waals surface area contributed by atoms with Crippen LogP contribution in [0.5, 0.6) is 0 Å². The summed E-state index contributed by atoms with van der Waals surface area (Å²) in [7, 11) is 0. The summed E-state index contributed by atoms with van der Waals surface area (Å²) in [5.41, 5.74) is 0. The summed E-state index contributed by atoms with van der Waals surface area (Å²) in [6.45, 7) is 2.13. The fourth-order valence-corrected chi connectivity index (χ4v) is 0.401. The third-order valence-corrected chi connectivity index (χ3v) is 0.754. The molecule has 0 radical (unpaired) electrons. The Morgan fingerprint density at radius 1 is 1.75 bits per heavy atom. The summed E-state index contributed by atoms with van der Waals surface area (Å²) < 4.78 is 0. The van der Waals surface area contributed by atoms with Crippen molar-refractivity contribution in [3.63, 3.8) is 0 Å². The van der Waals surface area contributed by atoms with Crippen LogP contribution in [0.3, 0.4) is 0 Å². The van der Waals surface area contributed by atoms with Gasteiger partial charge < -0.3 is 0 Å². The third-order valence-electron chi connectivity index (χ3n) is 0.487. The molecule has 0 fully saturated rings. The second-order valence-corrected chi connectivity index (χ2v) is 1.52. The van der Waals surface area contributed by atoms with Gasteiger partial charge in [0.15, 0.2) is 0 Å². The van der Waals surface area contributed by atoms with E-state index in [9.17, 15) is 0 Å². The van der Waals surface area contributed by atoms with Gasteiger partial charge >= 0.3 is 0 Å². The van der Waals surface area contributed by atoms with E-state index >= 15 is 0 Å². The number of nitrogens with one attached hydrogen (secondary N) is 1. The third kappa shape index (κ3) is 44.3. The van der Waals surface area contributed by atoms with E-state index in [1.807, 2.05) is 0 Å². The minimum Gasteiger partial charge on any atom is -0.222 e. The molecule has 0 saturated heterocycles. The first-order valence-corrected chi connectivity index (χ1v) is 2.96. The smallest absolute Gasteiger partial charge is 0.222 e. The summed E-state index contributed by atoms with van der Waals surface area (Å²) in [6.07, 6.45) is 3.12. The maximum atomic E-state index is 8.35. The number of rotatable bonds is 2. The van der Waals surface area contributed by atoms with Gasteiger partial charge in [-0.15, -0.1) is 11.6 Å². The first kappa shape index (κ1) is 10.6. The topological polar surface area (TPSA) is 40.9 Å². The molecule has 0 atom stereocenters. The molecule has 0 aliphatic carbocycles. The van der Waals surface area contributed by atoms with Crippen molar-refractivity contribution in [3.05, 3.63) is 0 Å². The van der Waals surface area contributed by atoms with Crippen molar-refractivity contribution in [2.24, 2.45) is 0 Å². The van der Waals surface area contributed by atoms with Crippen LogP contribution in [0.2, 0.25) is 0 Å². The number of hydrogen-bond acceptors (Lipinski definition) is 2. The van der Waals surface area contributed by atoms with E-state index in [0.717, 1.165) is 18.4 Å². The van der Waals surface area contributed by atoms with Crippen molar-refractivity contribution in [3.8, 4) is 0 Å². The first-order chi connectivity index (χ1) is 3.83. The molecular weight excluding hydrogens is 126 g/mol. The lowest BCUT2D eigenvalue weighted by Gasteiger charge is -1.77. The second-order valence-electron chi connectivity index (χ2n) is 1.14. The van der Waals surface area contributed by atoms with Gasteiger partial charge in [0.05, 0.1) is 0 Å². The molecule has 0 bridgehead atoms. The average molecular weight is 136 g/mol. The van der Waals surface area contributed by atoms with Gasteiger partial charge in [-0.3, -0.25) is 0 Å². The van der Waals surface area contributed by atoms with Crippen LogP contribution in [0.25, 0.3) is 0 Å². The minimum atomic E-state index is 0.750. The Kier molecular flexibility index (Phi) is 21.1. The molecule has 3 heteroatoms. The monoisotopic (exact) mass is 135 g/mol. The largest absolute Gasteiger partial charge is 0.231 e. The Morgan fingerprint density at radius 3 is 2.12 bits per heavy atom. The van der Waals surface area contributed by atoms with Gasteiger partial charge in [0.2, 0.25) is 6.08 Å². The van der Waals surface area contributed by atoms with E-state index in [-0.39, 0.29) is 0 Å². The Morgan fingerprint density at radius 2 is 2.12 bits per heavy atom. The highest BCUT2D eigenvalue weighted by Crippen LogP contribution is 1.86. The maximum Gasteiger partial charge on any atom is 0.231 e. The zero-order valence-corrected chi connectivity index (χ0v) is 5.66. The van der Waals surface area contributed by atoms with E-state index in [1.54, 1.807) is 0 Å². The SMILES string of the molecule is CCCCCl.N=C=O. The van der Waals surface area contributed by atoms with Gasteiger partial charge in [-0.05, 0) is 6.42 Å². The molecule has 0 aromatic rings.